The van der Waals surface area contributed by atoms with Crippen LogP contribution in [0.15, 0.2) is 0 Å². The van der Waals surface area contributed by atoms with E-state index in [0.717, 1.165) is 12.5 Å². The van der Waals surface area contributed by atoms with Gasteiger partial charge in [-0.2, -0.15) is 0 Å². The SMILES string of the molecule is CCC1(C)CCCC(C)CCC(C)(C)N1CCO. The van der Waals surface area contributed by atoms with Crippen molar-refractivity contribution in [3.63, 3.8) is 0 Å². The van der Waals surface area contributed by atoms with E-state index in [1.54, 1.807) is 0 Å². The van der Waals surface area contributed by atoms with E-state index in [4.69, 9.17) is 0 Å². The molecule has 2 nitrogen and oxygen atoms in total. The molecule has 0 saturated carbocycles. The van der Waals surface area contributed by atoms with E-state index in [2.05, 4.69) is 39.5 Å². The van der Waals surface area contributed by atoms with Crippen LogP contribution in [0.4, 0.5) is 0 Å². The third-order valence-corrected chi connectivity index (χ3v) is 5.13. The van der Waals surface area contributed by atoms with E-state index in [0.29, 0.717) is 0 Å². The van der Waals surface area contributed by atoms with Gasteiger partial charge in [0.2, 0.25) is 0 Å². The summed E-state index contributed by atoms with van der Waals surface area (Å²) in [5, 5.41) is 9.42. The molecule has 1 aliphatic heterocycles. The van der Waals surface area contributed by atoms with Crippen molar-refractivity contribution in [3.05, 3.63) is 0 Å². The lowest BCUT2D eigenvalue weighted by Gasteiger charge is -2.50. The van der Waals surface area contributed by atoms with Crippen LogP contribution in [0.3, 0.4) is 0 Å². The van der Waals surface area contributed by atoms with Crippen molar-refractivity contribution in [2.75, 3.05) is 13.2 Å². The van der Waals surface area contributed by atoms with Gasteiger partial charge in [-0.05, 0) is 52.4 Å². The smallest absolute Gasteiger partial charge is 0.0558 e. The molecule has 18 heavy (non-hydrogen) atoms. The lowest BCUT2D eigenvalue weighted by Crippen LogP contribution is -2.57. The third kappa shape index (κ3) is 3.71. The molecule has 1 fully saturated rings. The Morgan fingerprint density at radius 1 is 1.17 bits per heavy atom. The summed E-state index contributed by atoms with van der Waals surface area (Å²) in [4.78, 5) is 2.58. The molecule has 0 spiro atoms. The van der Waals surface area contributed by atoms with Gasteiger partial charge < -0.3 is 5.11 Å². The highest BCUT2D eigenvalue weighted by Gasteiger charge is 2.39. The molecule has 0 aromatic rings. The fourth-order valence-corrected chi connectivity index (χ4v) is 3.62. The molecule has 0 radical (unpaired) electrons. The first-order valence-electron chi connectivity index (χ1n) is 7.74. The minimum Gasteiger partial charge on any atom is -0.395 e. The maximum absolute atomic E-state index is 9.42. The van der Waals surface area contributed by atoms with Crippen LogP contribution >= 0.6 is 0 Å². The summed E-state index contributed by atoms with van der Waals surface area (Å²) in [6.45, 7) is 12.9. The molecule has 0 aromatic carbocycles. The Morgan fingerprint density at radius 3 is 2.39 bits per heavy atom. The Hall–Kier alpha value is -0.0800. The first-order valence-corrected chi connectivity index (χ1v) is 7.74. The molecule has 0 amide bonds. The minimum atomic E-state index is 0.200. The molecule has 2 atom stereocenters. The summed E-state index contributed by atoms with van der Waals surface area (Å²) >= 11 is 0. The second-order valence-electron chi connectivity index (χ2n) is 7.07. The summed E-state index contributed by atoms with van der Waals surface area (Å²) in [5.74, 6) is 0.847. The van der Waals surface area contributed by atoms with Gasteiger partial charge in [0.25, 0.3) is 0 Å². The van der Waals surface area contributed by atoms with Crippen molar-refractivity contribution in [2.45, 2.75) is 84.2 Å². The number of aliphatic hydroxyl groups is 1. The fourth-order valence-electron chi connectivity index (χ4n) is 3.62. The van der Waals surface area contributed by atoms with Crippen LogP contribution in [0.5, 0.6) is 0 Å². The van der Waals surface area contributed by atoms with Gasteiger partial charge in [0, 0.05) is 17.6 Å². The zero-order chi connectivity index (χ0) is 13.8. The maximum atomic E-state index is 9.42. The molecule has 2 unspecified atom stereocenters. The van der Waals surface area contributed by atoms with Crippen LogP contribution in [0.25, 0.3) is 0 Å². The van der Waals surface area contributed by atoms with Gasteiger partial charge in [-0.25, -0.2) is 0 Å². The summed E-state index contributed by atoms with van der Waals surface area (Å²) in [6, 6.07) is 0. The fraction of sp³-hybridized carbons (Fsp3) is 1.00. The Kier molecular flexibility index (Phi) is 5.67. The van der Waals surface area contributed by atoms with E-state index >= 15 is 0 Å². The summed E-state index contributed by atoms with van der Waals surface area (Å²) in [5.41, 5.74) is 0.447. The molecule has 1 N–H and O–H groups in total. The largest absolute Gasteiger partial charge is 0.395 e. The van der Waals surface area contributed by atoms with Gasteiger partial charge in [0.1, 0.15) is 0 Å². The minimum absolute atomic E-state index is 0.200. The number of rotatable bonds is 3. The van der Waals surface area contributed by atoms with Gasteiger partial charge in [-0.1, -0.05) is 26.7 Å². The lowest BCUT2D eigenvalue weighted by atomic mass is 9.84. The second-order valence-corrected chi connectivity index (χ2v) is 7.07. The van der Waals surface area contributed by atoms with E-state index in [-0.39, 0.29) is 17.7 Å². The highest BCUT2D eigenvalue weighted by Crippen LogP contribution is 2.37. The van der Waals surface area contributed by atoms with E-state index in [1.165, 1.54) is 38.5 Å². The average Bonchev–Trinajstić information content (AvgIpc) is 2.35. The molecule has 1 heterocycles. The molecule has 1 saturated heterocycles. The van der Waals surface area contributed by atoms with Gasteiger partial charge in [-0.15, -0.1) is 0 Å². The summed E-state index contributed by atoms with van der Waals surface area (Å²) < 4.78 is 0. The maximum Gasteiger partial charge on any atom is 0.0558 e. The molecule has 0 bridgehead atoms. The predicted molar refractivity (Wildman–Crippen MR) is 78.8 cm³/mol. The van der Waals surface area contributed by atoms with Crippen molar-refractivity contribution in [1.29, 1.82) is 0 Å². The van der Waals surface area contributed by atoms with Crippen LogP contribution < -0.4 is 0 Å². The zero-order valence-corrected chi connectivity index (χ0v) is 13.1. The number of aliphatic hydroxyl groups excluding tert-OH is 1. The number of nitrogens with zero attached hydrogens (tertiary/aromatic N) is 1. The van der Waals surface area contributed by atoms with Gasteiger partial charge in [0.05, 0.1) is 6.61 Å². The predicted octanol–water partition coefficient (Wildman–Crippen LogP) is 3.83. The van der Waals surface area contributed by atoms with Crippen LogP contribution in [-0.2, 0) is 0 Å². The number of β-amino-alcohol motifs (C(OH)–C–C–N with tert-alkyl or cyclic N) is 1. The molecule has 0 aromatic heterocycles. The molecule has 0 aliphatic carbocycles. The molecule has 108 valence electrons. The van der Waals surface area contributed by atoms with Crippen LogP contribution in [0, 0.1) is 5.92 Å². The van der Waals surface area contributed by atoms with Gasteiger partial charge in [0.15, 0.2) is 0 Å². The highest BCUT2D eigenvalue weighted by molar-refractivity contribution is 4.95. The first-order chi connectivity index (χ1) is 8.35. The summed E-state index contributed by atoms with van der Waals surface area (Å²) in [7, 11) is 0. The monoisotopic (exact) mass is 255 g/mol. The van der Waals surface area contributed by atoms with Crippen LogP contribution in [0.2, 0.25) is 0 Å². The zero-order valence-electron chi connectivity index (χ0n) is 13.1. The molecule has 1 rings (SSSR count). The van der Waals surface area contributed by atoms with Crippen LogP contribution in [-0.4, -0.2) is 34.2 Å². The Labute approximate surface area is 114 Å². The Balaban J connectivity index is 2.98. The third-order valence-electron chi connectivity index (χ3n) is 5.13. The number of hydrogen-bond acceptors (Lipinski definition) is 2. The Bertz CT molecular complexity index is 251. The molecular formula is C16H33NO. The first kappa shape index (κ1) is 16.0. The topological polar surface area (TPSA) is 23.5 Å². The van der Waals surface area contributed by atoms with E-state index in [1.807, 2.05) is 0 Å². The normalized spacial score (nSPS) is 34.7. The van der Waals surface area contributed by atoms with Crippen molar-refractivity contribution in [1.82, 2.24) is 4.90 Å². The average molecular weight is 255 g/mol. The standard InChI is InChI=1S/C16H33NO/c1-6-16(5)10-7-8-14(2)9-11-15(3,4)17(16)12-13-18/h14,18H,6-13H2,1-5H3. The second kappa shape index (κ2) is 6.38. The summed E-state index contributed by atoms with van der Waals surface area (Å²) in [6.07, 6.45) is 7.67. The van der Waals surface area contributed by atoms with Crippen molar-refractivity contribution in [3.8, 4) is 0 Å². The lowest BCUT2D eigenvalue weighted by molar-refractivity contribution is -0.0181. The van der Waals surface area contributed by atoms with Gasteiger partial charge >= 0.3 is 0 Å². The van der Waals surface area contributed by atoms with E-state index in [9.17, 15) is 5.11 Å². The number of hydrogen-bond donors (Lipinski definition) is 1. The Morgan fingerprint density at radius 2 is 1.83 bits per heavy atom. The van der Waals surface area contributed by atoms with Crippen LogP contribution in [0.1, 0.15) is 73.1 Å². The van der Waals surface area contributed by atoms with E-state index < -0.39 is 0 Å². The van der Waals surface area contributed by atoms with Crippen molar-refractivity contribution < 1.29 is 5.11 Å². The molecule has 1 aliphatic rings. The molecule has 2 heteroatoms. The van der Waals surface area contributed by atoms with Crippen molar-refractivity contribution >= 4 is 0 Å². The highest BCUT2D eigenvalue weighted by atomic mass is 16.3. The quantitative estimate of drug-likeness (QED) is 0.828. The molecular weight excluding hydrogens is 222 g/mol. The van der Waals surface area contributed by atoms with Gasteiger partial charge in [-0.3, -0.25) is 4.90 Å². The van der Waals surface area contributed by atoms with Crippen molar-refractivity contribution in [2.24, 2.45) is 5.92 Å².